The molecule has 0 bridgehead atoms. The largest absolute Gasteiger partial charge is 0.481 e. The van der Waals surface area contributed by atoms with E-state index in [4.69, 9.17) is 5.11 Å². The van der Waals surface area contributed by atoms with Gasteiger partial charge in [0.15, 0.2) is 0 Å². The summed E-state index contributed by atoms with van der Waals surface area (Å²) in [6, 6.07) is 4.16. The highest BCUT2D eigenvalue weighted by Gasteiger charge is 2.14. The zero-order chi connectivity index (χ0) is 15.0. The summed E-state index contributed by atoms with van der Waals surface area (Å²) in [7, 11) is 0. The molecule has 0 radical (unpaired) electrons. The zero-order valence-corrected chi connectivity index (χ0v) is 12.8. The molecule has 0 atom stereocenters. The van der Waals surface area contributed by atoms with Gasteiger partial charge in [-0.2, -0.15) is 0 Å². The molecule has 5 nitrogen and oxygen atoms in total. The first-order chi connectivity index (χ1) is 9.49. The van der Waals surface area contributed by atoms with E-state index in [2.05, 4.69) is 5.32 Å². The van der Waals surface area contributed by atoms with Crippen LogP contribution in [0.3, 0.4) is 0 Å². The van der Waals surface area contributed by atoms with Crippen LogP contribution in [0.15, 0.2) is 17.5 Å². The first kappa shape index (κ1) is 16.7. The fourth-order valence-electron chi connectivity index (χ4n) is 1.79. The lowest BCUT2D eigenvalue weighted by atomic mass is 10.2. The normalized spacial score (nSPS) is 11.0. The number of hydrogen-bond donors (Lipinski definition) is 2. The van der Waals surface area contributed by atoms with Crippen molar-refractivity contribution in [1.82, 2.24) is 10.2 Å². The molecule has 0 fully saturated rings. The summed E-state index contributed by atoms with van der Waals surface area (Å²) in [5.74, 6) is -0.821. The number of carbonyl (C=O) groups is 2. The Balaban J connectivity index is 2.32. The van der Waals surface area contributed by atoms with Crippen molar-refractivity contribution < 1.29 is 14.7 Å². The fourth-order valence-corrected chi connectivity index (χ4v) is 2.44. The second-order valence-corrected chi connectivity index (χ2v) is 5.95. The molecule has 1 aromatic rings. The summed E-state index contributed by atoms with van der Waals surface area (Å²) in [4.78, 5) is 25.5. The first-order valence-corrected chi connectivity index (χ1v) is 7.62. The van der Waals surface area contributed by atoms with Crippen LogP contribution in [0.1, 0.15) is 31.6 Å². The molecule has 20 heavy (non-hydrogen) atoms. The van der Waals surface area contributed by atoms with Gasteiger partial charge in [0.1, 0.15) is 0 Å². The van der Waals surface area contributed by atoms with Crippen LogP contribution in [-0.2, 0) is 16.1 Å². The number of carboxylic acid groups (broad SMARTS) is 1. The molecular weight excluding hydrogens is 276 g/mol. The predicted octanol–water partition coefficient (Wildman–Crippen LogP) is 1.94. The van der Waals surface area contributed by atoms with Gasteiger partial charge in [0.2, 0.25) is 5.91 Å². The van der Waals surface area contributed by atoms with E-state index in [1.807, 2.05) is 36.3 Å². The third kappa shape index (κ3) is 6.68. The van der Waals surface area contributed by atoms with Crippen LogP contribution in [0.4, 0.5) is 0 Å². The van der Waals surface area contributed by atoms with Gasteiger partial charge in [-0.15, -0.1) is 11.3 Å². The van der Waals surface area contributed by atoms with E-state index in [9.17, 15) is 9.59 Å². The summed E-state index contributed by atoms with van der Waals surface area (Å²) >= 11 is 1.61. The van der Waals surface area contributed by atoms with Crippen molar-refractivity contribution in [3.05, 3.63) is 22.4 Å². The number of carboxylic acids is 1. The number of thiophene rings is 1. The van der Waals surface area contributed by atoms with Gasteiger partial charge >= 0.3 is 5.97 Å². The minimum absolute atomic E-state index is 0.0255. The lowest BCUT2D eigenvalue weighted by Gasteiger charge is -2.25. The second kappa shape index (κ2) is 8.71. The zero-order valence-electron chi connectivity index (χ0n) is 12.0. The maximum Gasteiger partial charge on any atom is 0.303 e. The van der Waals surface area contributed by atoms with Crippen LogP contribution in [0, 0.1) is 0 Å². The van der Waals surface area contributed by atoms with E-state index in [0.717, 1.165) is 4.88 Å². The highest BCUT2D eigenvalue weighted by Crippen LogP contribution is 2.07. The Morgan fingerprint density at radius 2 is 2.20 bits per heavy atom. The number of rotatable bonds is 9. The van der Waals surface area contributed by atoms with Crippen LogP contribution in [0.25, 0.3) is 0 Å². The fraction of sp³-hybridized carbons (Fsp3) is 0.571. The summed E-state index contributed by atoms with van der Waals surface area (Å²) < 4.78 is 0. The van der Waals surface area contributed by atoms with Crippen LogP contribution in [-0.4, -0.2) is 41.0 Å². The number of nitrogens with one attached hydrogen (secondary N) is 1. The number of hydrogen-bond acceptors (Lipinski definition) is 4. The van der Waals surface area contributed by atoms with E-state index in [-0.39, 0.29) is 18.4 Å². The molecule has 2 N–H and O–H groups in total. The lowest BCUT2D eigenvalue weighted by molar-refractivity contribution is -0.137. The smallest absolute Gasteiger partial charge is 0.303 e. The van der Waals surface area contributed by atoms with Gasteiger partial charge in [0, 0.05) is 17.3 Å². The van der Waals surface area contributed by atoms with Crippen molar-refractivity contribution in [1.29, 1.82) is 0 Å². The summed E-state index contributed by atoms with van der Waals surface area (Å²) in [5, 5.41) is 13.5. The van der Waals surface area contributed by atoms with E-state index in [1.165, 1.54) is 0 Å². The van der Waals surface area contributed by atoms with Crippen molar-refractivity contribution in [3.8, 4) is 0 Å². The molecule has 0 aliphatic carbocycles. The van der Waals surface area contributed by atoms with E-state index in [0.29, 0.717) is 26.1 Å². The number of amides is 1. The SMILES string of the molecule is CC(C)N(CCCC(=O)O)CC(=O)NCc1cccs1. The monoisotopic (exact) mass is 298 g/mol. The average molecular weight is 298 g/mol. The molecule has 0 unspecified atom stereocenters. The van der Waals surface area contributed by atoms with Gasteiger partial charge in [-0.05, 0) is 38.3 Å². The molecular formula is C14H22N2O3S. The topological polar surface area (TPSA) is 69.6 Å². The predicted molar refractivity (Wildman–Crippen MR) is 79.7 cm³/mol. The Hall–Kier alpha value is -1.40. The van der Waals surface area contributed by atoms with E-state index >= 15 is 0 Å². The molecule has 6 heteroatoms. The van der Waals surface area contributed by atoms with Crippen LogP contribution in [0.2, 0.25) is 0 Å². The maximum absolute atomic E-state index is 11.9. The van der Waals surface area contributed by atoms with Crippen molar-refractivity contribution >= 4 is 23.2 Å². The Kier molecular flexibility index (Phi) is 7.25. The Morgan fingerprint density at radius 3 is 2.75 bits per heavy atom. The van der Waals surface area contributed by atoms with Gasteiger partial charge in [0.25, 0.3) is 0 Å². The molecule has 0 saturated heterocycles. The molecule has 0 aromatic carbocycles. The van der Waals surface area contributed by atoms with Gasteiger partial charge in [0.05, 0.1) is 13.1 Å². The van der Waals surface area contributed by atoms with Gasteiger partial charge < -0.3 is 10.4 Å². The third-order valence-corrected chi connectivity index (χ3v) is 3.83. The Bertz CT molecular complexity index is 418. The first-order valence-electron chi connectivity index (χ1n) is 6.74. The molecule has 0 aliphatic heterocycles. The van der Waals surface area contributed by atoms with Crippen LogP contribution < -0.4 is 5.32 Å². The Labute approximate surface area is 123 Å². The Morgan fingerprint density at radius 1 is 1.45 bits per heavy atom. The highest BCUT2D eigenvalue weighted by atomic mass is 32.1. The van der Waals surface area contributed by atoms with E-state index in [1.54, 1.807) is 11.3 Å². The van der Waals surface area contributed by atoms with Crippen molar-refractivity contribution in [2.75, 3.05) is 13.1 Å². The van der Waals surface area contributed by atoms with Crippen molar-refractivity contribution in [3.63, 3.8) is 0 Å². The average Bonchev–Trinajstić information content (AvgIpc) is 2.87. The summed E-state index contributed by atoms with van der Waals surface area (Å²) in [6.07, 6.45) is 0.700. The molecule has 0 aliphatic rings. The van der Waals surface area contributed by atoms with E-state index < -0.39 is 5.97 Å². The standard InChI is InChI=1S/C14H22N2O3S/c1-11(2)16(7-3-6-14(18)19)10-13(17)15-9-12-5-4-8-20-12/h4-5,8,11H,3,6-7,9-10H2,1-2H3,(H,15,17)(H,18,19). The summed E-state index contributed by atoms with van der Waals surface area (Å²) in [5.41, 5.74) is 0. The second-order valence-electron chi connectivity index (χ2n) is 4.92. The maximum atomic E-state index is 11.9. The molecule has 112 valence electrons. The number of nitrogens with zero attached hydrogens (tertiary/aromatic N) is 1. The molecule has 1 aromatic heterocycles. The number of carbonyl (C=O) groups excluding carboxylic acids is 1. The highest BCUT2D eigenvalue weighted by molar-refractivity contribution is 7.09. The van der Waals surface area contributed by atoms with Gasteiger partial charge in [-0.3, -0.25) is 14.5 Å². The molecule has 0 saturated carbocycles. The summed E-state index contributed by atoms with van der Waals surface area (Å²) in [6.45, 7) is 5.50. The van der Waals surface area contributed by atoms with Gasteiger partial charge in [-0.25, -0.2) is 0 Å². The lowest BCUT2D eigenvalue weighted by Crippen LogP contribution is -2.41. The van der Waals surface area contributed by atoms with Crippen molar-refractivity contribution in [2.45, 2.75) is 39.3 Å². The molecule has 1 heterocycles. The molecule has 0 spiro atoms. The molecule has 1 rings (SSSR count). The minimum Gasteiger partial charge on any atom is -0.481 e. The van der Waals surface area contributed by atoms with Crippen molar-refractivity contribution in [2.24, 2.45) is 0 Å². The third-order valence-electron chi connectivity index (χ3n) is 2.95. The minimum atomic E-state index is -0.796. The molecule has 1 amide bonds. The van der Waals surface area contributed by atoms with Crippen LogP contribution in [0.5, 0.6) is 0 Å². The quantitative estimate of drug-likeness (QED) is 0.731. The van der Waals surface area contributed by atoms with Gasteiger partial charge in [-0.1, -0.05) is 6.07 Å². The number of aliphatic carboxylic acids is 1. The van der Waals surface area contributed by atoms with Crippen LogP contribution >= 0.6 is 11.3 Å².